The maximum atomic E-state index is 14.6. The van der Waals surface area contributed by atoms with Crippen LogP contribution in [0.5, 0.6) is 0 Å². The Hall–Kier alpha value is -1.76. The Morgan fingerprint density at radius 1 is 1.26 bits per heavy atom. The zero-order valence-electron chi connectivity index (χ0n) is 21.5. The molecule has 1 amide bonds. The van der Waals surface area contributed by atoms with E-state index in [9.17, 15) is 14.0 Å². The Balaban J connectivity index is 1.84. The second-order valence-corrected chi connectivity index (χ2v) is 16.6. The molecular formula is C25H35FIN3O4Si. The molecule has 0 bridgehead atoms. The Morgan fingerprint density at radius 3 is 2.54 bits per heavy atom. The highest BCUT2D eigenvalue weighted by Crippen LogP contribution is 2.37. The van der Waals surface area contributed by atoms with Crippen LogP contribution in [0.15, 0.2) is 23.0 Å². The molecule has 1 aromatic carbocycles. The Bertz CT molecular complexity index is 1180. The van der Waals surface area contributed by atoms with Crippen LogP contribution in [0, 0.1) is 9.39 Å². The second-order valence-electron chi connectivity index (χ2n) is 10.6. The number of nitrogens with one attached hydrogen (secondary N) is 2. The molecule has 1 aromatic heterocycles. The van der Waals surface area contributed by atoms with Crippen LogP contribution < -0.4 is 16.4 Å². The molecule has 0 spiro atoms. The average molecular weight is 616 g/mol. The molecule has 192 valence electrons. The number of hydrogen-bond acceptors (Lipinski definition) is 5. The summed E-state index contributed by atoms with van der Waals surface area (Å²) in [4.78, 5) is 31.8. The largest absolute Gasteiger partial charge is 0.412 e. The summed E-state index contributed by atoms with van der Waals surface area (Å²) in [6.07, 6.45) is 1.78. The molecule has 1 aliphatic carbocycles. The first-order valence-corrected chi connectivity index (χ1v) is 15.8. The van der Waals surface area contributed by atoms with Gasteiger partial charge in [0.25, 0.3) is 11.5 Å². The van der Waals surface area contributed by atoms with Gasteiger partial charge < -0.3 is 9.74 Å². The molecule has 2 N–H and O–H groups in total. The van der Waals surface area contributed by atoms with E-state index in [1.54, 1.807) is 19.2 Å². The molecule has 1 unspecified atom stereocenters. The molecule has 2 aromatic rings. The van der Waals surface area contributed by atoms with E-state index in [-0.39, 0.29) is 34.8 Å². The lowest BCUT2D eigenvalue weighted by Crippen LogP contribution is -2.44. The van der Waals surface area contributed by atoms with Crippen molar-refractivity contribution in [3.63, 3.8) is 0 Å². The van der Waals surface area contributed by atoms with Crippen molar-refractivity contribution < 1.29 is 18.4 Å². The van der Waals surface area contributed by atoms with Crippen LogP contribution in [0.4, 0.5) is 15.9 Å². The van der Waals surface area contributed by atoms with E-state index in [1.165, 1.54) is 10.6 Å². The van der Waals surface area contributed by atoms with Crippen molar-refractivity contribution in [3.8, 4) is 0 Å². The predicted octanol–water partition coefficient (Wildman–Crippen LogP) is 5.43. The highest BCUT2D eigenvalue weighted by Gasteiger charge is 2.38. The first-order chi connectivity index (χ1) is 16.2. The van der Waals surface area contributed by atoms with Crippen LogP contribution in [0.25, 0.3) is 0 Å². The normalized spacial score (nSPS) is 14.5. The van der Waals surface area contributed by atoms with Crippen molar-refractivity contribution in [2.45, 2.75) is 71.2 Å². The minimum absolute atomic E-state index is 0.0608. The number of aromatic nitrogens is 1. The fraction of sp³-hybridized carbons (Fsp3) is 0.520. The number of carbonyl (C=O) groups excluding carboxylic acids is 1. The average Bonchev–Trinajstić information content (AvgIpc) is 3.22. The van der Waals surface area contributed by atoms with E-state index in [0.717, 1.165) is 9.99 Å². The molecule has 7 nitrogen and oxygen atoms in total. The van der Waals surface area contributed by atoms with Gasteiger partial charge in [-0.3, -0.25) is 19.0 Å². The van der Waals surface area contributed by atoms with Gasteiger partial charge in [0.05, 0.1) is 24.0 Å². The highest BCUT2D eigenvalue weighted by molar-refractivity contribution is 14.1. The standard InChI is InChI=1S/C25H35FIN3O4Si/c1-15(34-35(6,7)25(2,3)4)14-33-29-23(31)21-17-9-8-10-18(17)24(32)30(5)22(21)28-20-12-11-16(27)13-19(20)26/h11-13,15,28H,8-10,14H2,1-7H3,(H,29,31). The molecule has 3 rings (SSSR count). The minimum atomic E-state index is -1.98. The number of amides is 1. The first-order valence-electron chi connectivity index (χ1n) is 11.8. The smallest absolute Gasteiger partial charge is 0.278 e. The molecule has 0 radical (unpaired) electrons. The molecule has 1 atom stereocenters. The zero-order valence-corrected chi connectivity index (χ0v) is 24.6. The molecule has 0 saturated heterocycles. The first kappa shape index (κ1) is 27.8. The Morgan fingerprint density at radius 2 is 1.91 bits per heavy atom. The van der Waals surface area contributed by atoms with Gasteiger partial charge in [0.2, 0.25) is 0 Å². The maximum absolute atomic E-state index is 14.6. The summed E-state index contributed by atoms with van der Waals surface area (Å²) in [7, 11) is -0.391. The van der Waals surface area contributed by atoms with Crippen molar-refractivity contribution in [2.24, 2.45) is 7.05 Å². The van der Waals surface area contributed by atoms with Crippen LogP contribution in [0.3, 0.4) is 0 Å². The van der Waals surface area contributed by atoms with Crippen molar-refractivity contribution >= 4 is 48.3 Å². The van der Waals surface area contributed by atoms with Gasteiger partial charge >= 0.3 is 0 Å². The van der Waals surface area contributed by atoms with Crippen LogP contribution in [0.2, 0.25) is 18.1 Å². The number of halogens is 2. The summed E-state index contributed by atoms with van der Waals surface area (Å²) in [6.45, 7) is 12.9. The third kappa shape index (κ3) is 6.15. The summed E-state index contributed by atoms with van der Waals surface area (Å²) in [5.74, 6) is -0.710. The third-order valence-corrected chi connectivity index (χ3v) is 12.1. The fourth-order valence-corrected chi connectivity index (χ4v) is 5.85. The minimum Gasteiger partial charge on any atom is -0.412 e. The monoisotopic (exact) mass is 615 g/mol. The lowest BCUT2D eigenvalue weighted by atomic mass is 10.0. The van der Waals surface area contributed by atoms with Gasteiger partial charge in [0, 0.05) is 16.2 Å². The van der Waals surface area contributed by atoms with Crippen molar-refractivity contribution in [2.75, 3.05) is 11.9 Å². The second kappa shape index (κ2) is 10.7. The van der Waals surface area contributed by atoms with Gasteiger partial charge in [0.1, 0.15) is 11.6 Å². The number of hydroxylamine groups is 1. The van der Waals surface area contributed by atoms with Crippen LogP contribution in [-0.2, 0) is 29.2 Å². The topological polar surface area (TPSA) is 81.6 Å². The highest BCUT2D eigenvalue weighted by atomic mass is 127. The summed E-state index contributed by atoms with van der Waals surface area (Å²) in [6, 6.07) is 4.73. The van der Waals surface area contributed by atoms with Crippen molar-refractivity contribution in [3.05, 3.63) is 54.6 Å². The molecule has 10 heteroatoms. The van der Waals surface area contributed by atoms with E-state index in [1.807, 2.05) is 29.5 Å². The molecule has 0 aliphatic heterocycles. The van der Waals surface area contributed by atoms with Crippen LogP contribution in [-0.4, -0.2) is 31.5 Å². The number of fused-ring (bicyclic) bond motifs is 1. The number of benzene rings is 1. The molecule has 0 fully saturated rings. The fourth-order valence-electron chi connectivity index (χ4n) is 3.97. The van der Waals surface area contributed by atoms with Crippen molar-refractivity contribution in [1.29, 1.82) is 0 Å². The number of anilines is 2. The van der Waals surface area contributed by atoms with E-state index >= 15 is 0 Å². The lowest BCUT2D eigenvalue weighted by Gasteiger charge is -2.38. The third-order valence-electron chi connectivity index (χ3n) is 6.85. The SMILES string of the molecule is CC(CONC(=O)c1c2c(c(=O)n(C)c1Nc1ccc(I)cc1F)CCC2)O[Si](C)(C)C(C)(C)C. The molecule has 35 heavy (non-hydrogen) atoms. The number of nitrogens with zero attached hydrogens (tertiary/aromatic N) is 1. The van der Waals surface area contributed by atoms with E-state index in [2.05, 4.69) is 44.7 Å². The maximum Gasteiger partial charge on any atom is 0.278 e. The zero-order chi connectivity index (χ0) is 26.1. The number of hydrogen-bond donors (Lipinski definition) is 2. The van der Waals surface area contributed by atoms with E-state index in [0.29, 0.717) is 29.5 Å². The van der Waals surface area contributed by atoms with Crippen LogP contribution >= 0.6 is 22.6 Å². The number of pyridine rings is 1. The van der Waals surface area contributed by atoms with Gasteiger partial charge in [-0.2, -0.15) is 0 Å². The lowest BCUT2D eigenvalue weighted by molar-refractivity contribution is -0.00347. The van der Waals surface area contributed by atoms with Gasteiger partial charge in [-0.25, -0.2) is 9.87 Å². The summed E-state index contributed by atoms with van der Waals surface area (Å²) < 4.78 is 23.0. The molecule has 0 saturated carbocycles. The Kier molecular flexibility index (Phi) is 8.50. The predicted molar refractivity (Wildman–Crippen MR) is 147 cm³/mol. The molecule has 1 heterocycles. The van der Waals surface area contributed by atoms with Gasteiger partial charge in [-0.05, 0) is 90.7 Å². The molecule has 1 aliphatic rings. The number of rotatable bonds is 8. The van der Waals surface area contributed by atoms with Gasteiger partial charge in [-0.15, -0.1) is 0 Å². The quantitative estimate of drug-likeness (QED) is 0.235. The summed E-state index contributed by atoms with van der Waals surface area (Å²) in [5, 5.41) is 3.04. The van der Waals surface area contributed by atoms with Gasteiger partial charge in [-0.1, -0.05) is 20.8 Å². The van der Waals surface area contributed by atoms with Gasteiger partial charge in [0.15, 0.2) is 8.32 Å². The summed E-state index contributed by atoms with van der Waals surface area (Å²) in [5.41, 5.74) is 4.15. The van der Waals surface area contributed by atoms with Crippen molar-refractivity contribution in [1.82, 2.24) is 10.0 Å². The summed E-state index contributed by atoms with van der Waals surface area (Å²) >= 11 is 2.03. The molecular weight excluding hydrogens is 580 g/mol. The number of carbonyl (C=O) groups is 1. The Labute approximate surface area is 221 Å². The van der Waals surface area contributed by atoms with E-state index < -0.39 is 20.0 Å². The van der Waals surface area contributed by atoms with E-state index in [4.69, 9.17) is 9.26 Å². The van der Waals surface area contributed by atoms with Crippen LogP contribution in [0.1, 0.15) is 55.6 Å².